The number of piperidine rings is 3. The van der Waals surface area contributed by atoms with E-state index in [2.05, 4.69) is 9.88 Å². The predicted octanol–water partition coefficient (Wildman–Crippen LogP) is 3.06. The van der Waals surface area contributed by atoms with Crippen molar-refractivity contribution in [3.8, 4) is 0 Å². The van der Waals surface area contributed by atoms with Gasteiger partial charge in [0, 0.05) is 37.0 Å². The number of carbonyl (C=O) groups excluding carboxylic acids is 1. The van der Waals surface area contributed by atoms with Crippen LogP contribution in [-0.4, -0.2) is 52.4 Å². The van der Waals surface area contributed by atoms with Gasteiger partial charge in [0.1, 0.15) is 11.6 Å². The summed E-state index contributed by atoms with van der Waals surface area (Å²) in [4.78, 5) is 21.6. The molecule has 27 heavy (non-hydrogen) atoms. The number of rotatable bonds is 2. The Morgan fingerprint density at radius 1 is 1.07 bits per heavy atom. The van der Waals surface area contributed by atoms with Crippen LogP contribution >= 0.6 is 0 Å². The van der Waals surface area contributed by atoms with Crippen molar-refractivity contribution in [2.75, 3.05) is 19.6 Å². The van der Waals surface area contributed by atoms with Gasteiger partial charge in [-0.2, -0.15) is 0 Å². The second-order valence-electron chi connectivity index (χ2n) is 7.86. The van der Waals surface area contributed by atoms with Gasteiger partial charge in [0.25, 0.3) is 5.91 Å². The van der Waals surface area contributed by atoms with E-state index in [1.165, 1.54) is 12.1 Å². The summed E-state index contributed by atoms with van der Waals surface area (Å²) in [5.74, 6) is -0.789. The van der Waals surface area contributed by atoms with Crippen molar-refractivity contribution < 1.29 is 13.6 Å². The highest BCUT2D eigenvalue weighted by Crippen LogP contribution is 2.47. The van der Waals surface area contributed by atoms with Crippen LogP contribution in [0.3, 0.4) is 0 Å². The summed E-state index contributed by atoms with van der Waals surface area (Å²) in [5, 5.41) is 0. The van der Waals surface area contributed by atoms with Crippen LogP contribution in [-0.2, 0) is 0 Å². The number of nitrogens with zero attached hydrogens (tertiary/aromatic N) is 3. The molecule has 0 N–H and O–H groups in total. The molecule has 4 saturated heterocycles. The van der Waals surface area contributed by atoms with Crippen LogP contribution in [0, 0.1) is 17.6 Å². The molecule has 2 bridgehead atoms. The van der Waals surface area contributed by atoms with Crippen LogP contribution in [0.5, 0.6) is 0 Å². The lowest BCUT2D eigenvalue weighted by Crippen LogP contribution is -2.60. The minimum absolute atomic E-state index is 0.0359. The fraction of sp³-hybridized carbons (Fsp3) is 0.429. The normalized spacial score (nSPS) is 31.8. The van der Waals surface area contributed by atoms with Crippen LogP contribution in [0.4, 0.5) is 8.78 Å². The average Bonchev–Trinajstić information content (AvgIpc) is 3.11. The van der Waals surface area contributed by atoms with Crippen LogP contribution in [0.25, 0.3) is 0 Å². The van der Waals surface area contributed by atoms with E-state index in [0.717, 1.165) is 32.0 Å². The number of amides is 1. The van der Waals surface area contributed by atoms with Gasteiger partial charge in [0.2, 0.25) is 0 Å². The molecule has 0 saturated carbocycles. The van der Waals surface area contributed by atoms with E-state index in [9.17, 15) is 13.6 Å². The number of carbonyl (C=O) groups is 1. The second kappa shape index (κ2) is 6.37. The third-order valence-corrected chi connectivity index (χ3v) is 6.48. The Morgan fingerprint density at radius 2 is 1.81 bits per heavy atom. The van der Waals surface area contributed by atoms with Gasteiger partial charge in [-0.15, -0.1) is 0 Å². The Labute approximate surface area is 156 Å². The van der Waals surface area contributed by atoms with Gasteiger partial charge in [0.15, 0.2) is 0 Å². The van der Waals surface area contributed by atoms with E-state index >= 15 is 0 Å². The first-order valence-corrected chi connectivity index (χ1v) is 9.53. The zero-order chi connectivity index (χ0) is 18.5. The highest BCUT2D eigenvalue weighted by molar-refractivity contribution is 5.94. The van der Waals surface area contributed by atoms with E-state index in [1.807, 2.05) is 4.90 Å². The third kappa shape index (κ3) is 2.74. The number of pyridine rings is 1. The number of hydrogen-bond donors (Lipinski definition) is 0. The lowest BCUT2D eigenvalue weighted by atomic mass is 9.75. The molecule has 0 unspecified atom stereocenters. The standard InChI is InChI=1S/C21H21F2N3O/c22-16-8-15(9-17(23)10-16)18-12-26(21(27)14-2-1-5-24-11-14)19-13-3-6-25(7-4-13)20(18)19/h1-2,5,8-11,13,18-20H,3-4,6-7,12H2/t18-,19+,20+/m0/s1. The topological polar surface area (TPSA) is 36.4 Å². The molecule has 0 aliphatic carbocycles. The highest BCUT2D eigenvalue weighted by Gasteiger charge is 2.54. The van der Waals surface area contributed by atoms with Gasteiger partial charge in [0.05, 0.1) is 11.6 Å². The fourth-order valence-electron chi connectivity index (χ4n) is 5.39. The van der Waals surface area contributed by atoms with Crippen LogP contribution < -0.4 is 0 Å². The number of likely N-dealkylation sites (tertiary alicyclic amines) is 1. The predicted molar refractivity (Wildman–Crippen MR) is 96.2 cm³/mol. The Balaban J connectivity index is 1.55. The first-order valence-electron chi connectivity index (χ1n) is 9.53. The van der Waals surface area contributed by atoms with Crippen molar-refractivity contribution in [1.82, 2.24) is 14.8 Å². The number of hydrogen-bond acceptors (Lipinski definition) is 3. The summed E-state index contributed by atoms with van der Waals surface area (Å²) < 4.78 is 27.7. The summed E-state index contributed by atoms with van der Waals surface area (Å²) in [6, 6.07) is 7.51. The fourth-order valence-corrected chi connectivity index (χ4v) is 5.39. The SMILES string of the molecule is O=C(c1cccnc1)N1C[C@@H](c2cc(F)cc(F)c2)[C@@H]2[C@H]1C1CCN2CC1. The van der Waals surface area contributed by atoms with Crippen LogP contribution in [0.1, 0.15) is 34.7 Å². The number of benzene rings is 1. The van der Waals surface area contributed by atoms with Gasteiger partial charge >= 0.3 is 0 Å². The minimum Gasteiger partial charge on any atom is -0.333 e. The van der Waals surface area contributed by atoms with Crippen LogP contribution in [0.15, 0.2) is 42.7 Å². The number of halogens is 2. The minimum atomic E-state index is -0.561. The van der Waals surface area contributed by atoms with E-state index in [-0.39, 0.29) is 23.9 Å². The molecule has 140 valence electrons. The molecule has 1 aromatic carbocycles. The summed E-state index contributed by atoms with van der Waals surface area (Å²) in [6.07, 6.45) is 5.38. The molecule has 4 aliphatic rings. The molecule has 4 nitrogen and oxygen atoms in total. The van der Waals surface area contributed by atoms with Gasteiger partial charge in [-0.25, -0.2) is 8.78 Å². The maximum Gasteiger partial charge on any atom is 0.255 e. The Bertz CT molecular complexity index is 847. The Hall–Kier alpha value is -2.34. The number of aromatic nitrogens is 1. The lowest BCUT2D eigenvalue weighted by Gasteiger charge is -2.51. The largest absolute Gasteiger partial charge is 0.333 e. The molecule has 6 rings (SSSR count). The van der Waals surface area contributed by atoms with Crippen molar-refractivity contribution in [2.45, 2.75) is 30.8 Å². The summed E-state index contributed by atoms with van der Waals surface area (Å²) in [5.41, 5.74) is 1.22. The van der Waals surface area contributed by atoms with Gasteiger partial charge in [-0.05, 0) is 61.7 Å². The quantitative estimate of drug-likeness (QED) is 0.816. The maximum atomic E-state index is 13.9. The number of fused-ring (bicyclic) bond motifs is 2. The lowest BCUT2D eigenvalue weighted by molar-refractivity contribution is -0.00344. The smallest absolute Gasteiger partial charge is 0.255 e. The molecule has 3 atom stereocenters. The molecule has 1 amide bonds. The monoisotopic (exact) mass is 369 g/mol. The molecule has 1 aromatic heterocycles. The third-order valence-electron chi connectivity index (χ3n) is 6.48. The molecule has 4 fully saturated rings. The Kier molecular flexibility index (Phi) is 3.97. The van der Waals surface area contributed by atoms with Crippen molar-refractivity contribution in [1.29, 1.82) is 0 Å². The zero-order valence-electron chi connectivity index (χ0n) is 14.9. The first-order chi connectivity index (χ1) is 13.1. The summed E-state index contributed by atoms with van der Waals surface area (Å²) in [6.45, 7) is 2.48. The van der Waals surface area contributed by atoms with Crippen molar-refractivity contribution in [3.05, 3.63) is 65.5 Å². The molecule has 5 heterocycles. The molecular formula is C21H21F2N3O. The molecule has 2 aromatic rings. The van der Waals surface area contributed by atoms with E-state index in [4.69, 9.17) is 0 Å². The van der Waals surface area contributed by atoms with Gasteiger partial charge < -0.3 is 4.90 Å². The molecule has 6 heteroatoms. The molecule has 4 aliphatic heterocycles. The van der Waals surface area contributed by atoms with Gasteiger partial charge in [-0.3, -0.25) is 14.7 Å². The van der Waals surface area contributed by atoms with E-state index in [0.29, 0.717) is 23.6 Å². The zero-order valence-corrected chi connectivity index (χ0v) is 14.9. The van der Waals surface area contributed by atoms with Crippen molar-refractivity contribution >= 4 is 5.91 Å². The van der Waals surface area contributed by atoms with Crippen molar-refractivity contribution in [3.63, 3.8) is 0 Å². The van der Waals surface area contributed by atoms with E-state index in [1.54, 1.807) is 24.5 Å². The first kappa shape index (κ1) is 16.8. The second-order valence-corrected chi connectivity index (χ2v) is 7.86. The van der Waals surface area contributed by atoms with E-state index < -0.39 is 11.6 Å². The summed E-state index contributed by atoms with van der Waals surface area (Å²) >= 11 is 0. The average molecular weight is 369 g/mol. The van der Waals surface area contributed by atoms with Gasteiger partial charge in [-0.1, -0.05) is 0 Å². The van der Waals surface area contributed by atoms with Crippen molar-refractivity contribution in [2.24, 2.45) is 5.92 Å². The molecule has 0 spiro atoms. The summed E-state index contributed by atoms with van der Waals surface area (Å²) in [7, 11) is 0. The molecule has 0 radical (unpaired) electrons. The Morgan fingerprint density at radius 3 is 2.48 bits per heavy atom. The van der Waals surface area contributed by atoms with Crippen LogP contribution in [0.2, 0.25) is 0 Å². The maximum absolute atomic E-state index is 13.9. The molecular weight excluding hydrogens is 348 g/mol. The highest BCUT2D eigenvalue weighted by atomic mass is 19.1.